The summed E-state index contributed by atoms with van der Waals surface area (Å²) in [7, 11) is 0. The molecule has 0 bridgehead atoms. The van der Waals surface area contributed by atoms with E-state index in [1.54, 1.807) is 5.57 Å². The summed E-state index contributed by atoms with van der Waals surface area (Å²) < 4.78 is 0. The Bertz CT molecular complexity index is 387. The fourth-order valence-corrected chi connectivity index (χ4v) is 4.20. The van der Waals surface area contributed by atoms with E-state index in [1.807, 2.05) is 0 Å². The molecule has 2 aliphatic rings. The molecule has 0 spiro atoms. The molecule has 0 nitrogen and oxygen atoms in total. The maximum Gasteiger partial charge on any atom is 0.0177 e. The Hall–Kier alpha value is -0.230. The van der Waals surface area contributed by atoms with Crippen molar-refractivity contribution in [1.29, 1.82) is 0 Å². The zero-order chi connectivity index (χ0) is 16.3. The molecule has 21 heavy (non-hydrogen) atoms. The van der Waals surface area contributed by atoms with Crippen molar-refractivity contribution in [2.45, 2.75) is 80.6 Å². The third kappa shape index (κ3) is 5.81. The predicted molar refractivity (Wildman–Crippen MR) is 96.7 cm³/mol. The van der Waals surface area contributed by atoms with Crippen molar-refractivity contribution < 1.29 is 0 Å². The molecule has 0 heterocycles. The van der Waals surface area contributed by atoms with Gasteiger partial charge in [0, 0.05) is 5.03 Å². The van der Waals surface area contributed by atoms with Gasteiger partial charge in [-0.05, 0) is 61.7 Å². The molecule has 2 aliphatic carbocycles. The third-order valence-corrected chi connectivity index (χ3v) is 5.35. The van der Waals surface area contributed by atoms with Crippen molar-refractivity contribution in [3.8, 4) is 0 Å². The molecule has 122 valence electrons. The van der Waals surface area contributed by atoms with Gasteiger partial charge >= 0.3 is 0 Å². The zero-order valence-electron chi connectivity index (χ0n) is 15.2. The average Bonchev–Trinajstić information content (AvgIpc) is 2.75. The fraction of sp³-hybridized carbons (Fsp3) is 0.800. The molecule has 0 N–H and O–H groups in total. The van der Waals surface area contributed by atoms with Crippen LogP contribution < -0.4 is 0 Å². The Morgan fingerprint density at radius 2 is 1.43 bits per heavy atom. The summed E-state index contributed by atoms with van der Waals surface area (Å²) in [4.78, 5) is 0. The van der Waals surface area contributed by atoms with E-state index in [0.29, 0.717) is 16.7 Å². The van der Waals surface area contributed by atoms with Crippen molar-refractivity contribution in [3.63, 3.8) is 0 Å². The predicted octanol–water partition coefficient (Wildman–Crippen LogP) is 7.34. The first-order chi connectivity index (χ1) is 9.53. The second-order valence-electron chi connectivity index (χ2n) is 8.88. The van der Waals surface area contributed by atoms with Crippen molar-refractivity contribution in [2.75, 3.05) is 0 Å². The van der Waals surface area contributed by atoms with Crippen molar-refractivity contribution >= 4 is 11.6 Å². The Balaban J connectivity index is 0.000000211. The lowest BCUT2D eigenvalue weighted by Gasteiger charge is -2.32. The zero-order valence-corrected chi connectivity index (χ0v) is 16.0. The van der Waals surface area contributed by atoms with E-state index < -0.39 is 0 Å². The Labute approximate surface area is 138 Å². The molecule has 0 radical (unpaired) electrons. The van der Waals surface area contributed by atoms with Crippen LogP contribution in [-0.4, -0.2) is 0 Å². The van der Waals surface area contributed by atoms with Gasteiger partial charge in [0.15, 0.2) is 0 Å². The SMILES string of the molecule is CC(C)(C)C1CCCC=C1Cl.CC1=CCCC1C(C)(C)C. The van der Waals surface area contributed by atoms with Crippen LogP contribution in [0.5, 0.6) is 0 Å². The minimum atomic E-state index is 0.341. The smallest absolute Gasteiger partial charge is 0.0177 e. The van der Waals surface area contributed by atoms with Crippen LogP contribution in [0.2, 0.25) is 0 Å². The maximum absolute atomic E-state index is 6.13. The van der Waals surface area contributed by atoms with E-state index in [4.69, 9.17) is 11.6 Å². The first-order valence-corrected chi connectivity index (χ1v) is 8.93. The fourth-order valence-electron chi connectivity index (χ4n) is 3.65. The van der Waals surface area contributed by atoms with Gasteiger partial charge in [-0.2, -0.15) is 0 Å². The molecular weight excluding hydrogens is 276 g/mol. The molecule has 0 fully saturated rings. The van der Waals surface area contributed by atoms with Gasteiger partial charge in [0.2, 0.25) is 0 Å². The molecule has 0 aliphatic heterocycles. The highest BCUT2D eigenvalue weighted by molar-refractivity contribution is 6.29. The van der Waals surface area contributed by atoms with Gasteiger partial charge in [-0.25, -0.2) is 0 Å². The van der Waals surface area contributed by atoms with Crippen LogP contribution in [0.15, 0.2) is 22.8 Å². The normalized spacial score (nSPS) is 26.7. The molecule has 2 atom stereocenters. The van der Waals surface area contributed by atoms with Crippen LogP contribution >= 0.6 is 11.6 Å². The number of allylic oxidation sites excluding steroid dienone is 4. The second kappa shape index (κ2) is 7.36. The highest BCUT2D eigenvalue weighted by Crippen LogP contribution is 2.40. The van der Waals surface area contributed by atoms with E-state index in [0.717, 1.165) is 11.0 Å². The lowest BCUT2D eigenvalue weighted by Crippen LogP contribution is -2.22. The van der Waals surface area contributed by atoms with Gasteiger partial charge in [-0.1, -0.05) is 70.9 Å². The average molecular weight is 311 g/mol. The molecule has 0 saturated carbocycles. The summed E-state index contributed by atoms with van der Waals surface area (Å²) in [6, 6.07) is 0. The highest BCUT2D eigenvalue weighted by atomic mass is 35.5. The summed E-state index contributed by atoms with van der Waals surface area (Å²) in [6.45, 7) is 16.1. The standard InChI is InChI=1S/C10H17Cl.C10H18/c1-10(2,3)8-6-4-5-7-9(8)11;1-8-6-5-7-9(8)10(2,3)4/h7-8H,4-6H2,1-3H3;6,9H,5,7H2,1-4H3. The van der Waals surface area contributed by atoms with Crippen LogP contribution in [0.25, 0.3) is 0 Å². The van der Waals surface area contributed by atoms with Gasteiger partial charge in [0.05, 0.1) is 0 Å². The van der Waals surface area contributed by atoms with E-state index in [1.165, 1.54) is 32.1 Å². The quantitative estimate of drug-likeness (QED) is 0.410. The second-order valence-corrected chi connectivity index (χ2v) is 9.32. The molecule has 1 heteroatoms. The Morgan fingerprint density at radius 1 is 0.857 bits per heavy atom. The monoisotopic (exact) mass is 310 g/mol. The van der Waals surface area contributed by atoms with Gasteiger partial charge in [-0.15, -0.1) is 0 Å². The number of halogens is 1. The first-order valence-electron chi connectivity index (χ1n) is 8.55. The molecule has 0 saturated heterocycles. The summed E-state index contributed by atoms with van der Waals surface area (Å²) in [5.41, 5.74) is 2.43. The lowest BCUT2D eigenvalue weighted by atomic mass is 9.75. The summed E-state index contributed by atoms with van der Waals surface area (Å²) >= 11 is 6.13. The molecule has 0 aromatic heterocycles. The number of rotatable bonds is 0. The maximum atomic E-state index is 6.13. The Kier molecular flexibility index (Phi) is 6.59. The lowest BCUT2D eigenvalue weighted by molar-refractivity contribution is 0.262. The minimum Gasteiger partial charge on any atom is -0.0892 e. The highest BCUT2D eigenvalue weighted by Gasteiger charge is 2.28. The molecule has 0 amide bonds. The van der Waals surface area contributed by atoms with E-state index in [2.05, 4.69) is 60.6 Å². The molecule has 0 aromatic carbocycles. The topological polar surface area (TPSA) is 0 Å². The third-order valence-electron chi connectivity index (χ3n) is 4.93. The van der Waals surface area contributed by atoms with Crippen molar-refractivity contribution in [2.24, 2.45) is 22.7 Å². The molecule has 2 unspecified atom stereocenters. The molecule has 0 aromatic rings. The van der Waals surface area contributed by atoms with E-state index in [-0.39, 0.29) is 0 Å². The number of hydrogen-bond acceptors (Lipinski definition) is 0. The molecule has 2 rings (SSSR count). The van der Waals surface area contributed by atoms with Crippen LogP contribution in [0, 0.1) is 22.7 Å². The molecular formula is C20H35Cl. The van der Waals surface area contributed by atoms with Crippen LogP contribution in [0.3, 0.4) is 0 Å². The van der Waals surface area contributed by atoms with Gasteiger partial charge in [-0.3, -0.25) is 0 Å². The van der Waals surface area contributed by atoms with Gasteiger partial charge < -0.3 is 0 Å². The van der Waals surface area contributed by atoms with Crippen LogP contribution in [0.4, 0.5) is 0 Å². The Morgan fingerprint density at radius 3 is 1.71 bits per heavy atom. The number of hydrogen-bond donors (Lipinski definition) is 0. The van der Waals surface area contributed by atoms with Crippen molar-refractivity contribution in [3.05, 3.63) is 22.8 Å². The first kappa shape index (κ1) is 18.8. The largest absolute Gasteiger partial charge is 0.0892 e. The van der Waals surface area contributed by atoms with E-state index in [9.17, 15) is 0 Å². The van der Waals surface area contributed by atoms with Gasteiger partial charge in [0.1, 0.15) is 0 Å². The summed E-state index contributed by atoms with van der Waals surface area (Å²) in [5.74, 6) is 1.44. The van der Waals surface area contributed by atoms with Crippen LogP contribution in [0.1, 0.15) is 80.6 Å². The van der Waals surface area contributed by atoms with E-state index >= 15 is 0 Å². The van der Waals surface area contributed by atoms with Crippen molar-refractivity contribution in [1.82, 2.24) is 0 Å². The van der Waals surface area contributed by atoms with Gasteiger partial charge in [0.25, 0.3) is 0 Å². The summed E-state index contributed by atoms with van der Waals surface area (Å²) in [6.07, 6.45) is 11.0. The summed E-state index contributed by atoms with van der Waals surface area (Å²) in [5, 5.41) is 1.09. The van der Waals surface area contributed by atoms with Crippen LogP contribution in [-0.2, 0) is 0 Å². The minimum absolute atomic E-state index is 0.341.